The van der Waals surface area contributed by atoms with Crippen LogP contribution in [0.25, 0.3) is 16.5 Å². The monoisotopic (exact) mass is 316 g/mol. The highest BCUT2D eigenvalue weighted by molar-refractivity contribution is 6.55. The first-order chi connectivity index (χ1) is 10.6. The third-order valence-corrected chi connectivity index (χ3v) is 4.93. The van der Waals surface area contributed by atoms with Gasteiger partial charge in [0.1, 0.15) is 5.73 Å². The highest BCUT2D eigenvalue weighted by atomic mass is 19.1. The molecule has 0 bridgehead atoms. The van der Waals surface area contributed by atoms with Crippen molar-refractivity contribution >= 4 is 29.3 Å². The largest absolute Gasteiger partial charge is 0.525 e. The zero-order chi connectivity index (χ0) is 17.0. The fraction of sp³-hybridized carbons (Fsp3) is 0.412. The predicted molar refractivity (Wildman–Crippen MR) is 92.5 cm³/mol. The molecule has 0 amide bonds. The van der Waals surface area contributed by atoms with E-state index in [0.29, 0.717) is 11.3 Å². The van der Waals surface area contributed by atoms with Gasteiger partial charge in [-0.1, -0.05) is 6.07 Å². The van der Waals surface area contributed by atoms with Crippen LogP contribution in [0, 0.1) is 0 Å². The van der Waals surface area contributed by atoms with Gasteiger partial charge >= 0.3 is 7.12 Å². The molecule has 4 nitrogen and oxygen atoms in total. The molecule has 0 unspecified atom stereocenters. The zero-order valence-electron chi connectivity index (χ0n) is 14.2. The van der Waals surface area contributed by atoms with Crippen LogP contribution in [0.3, 0.4) is 0 Å². The number of nitrogen functional groups attached to an aromatic ring is 1. The average molecular weight is 316 g/mol. The minimum absolute atomic E-state index is 0.402. The molecule has 3 N–H and O–H groups in total. The fourth-order valence-corrected chi connectivity index (χ4v) is 2.71. The molecule has 1 aliphatic rings. The summed E-state index contributed by atoms with van der Waals surface area (Å²) in [5.74, 6) is 0. The zero-order valence-corrected chi connectivity index (χ0v) is 14.2. The van der Waals surface area contributed by atoms with Crippen LogP contribution in [0.4, 0.5) is 10.1 Å². The first kappa shape index (κ1) is 16.1. The van der Waals surface area contributed by atoms with E-state index in [2.05, 4.69) is 4.98 Å². The lowest BCUT2D eigenvalue weighted by molar-refractivity contribution is 0.00578. The second-order valence-corrected chi connectivity index (χ2v) is 7.07. The molecule has 1 aliphatic heterocycles. The Balaban J connectivity index is 2.00. The van der Waals surface area contributed by atoms with Gasteiger partial charge in [-0.25, -0.2) is 4.39 Å². The molecule has 3 rings (SSSR count). The van der Waals surface area contributed by atoms with E-state index in [4.69, 9.17) is 15.0 Å². The Morgan fingerprint density at radius 2 is 1.78 bits per heavy atom. The van der Waals surface area contributed by atoms with Crippen molar-refractivity contribution in [2.24, 2.45) is 0 Å². The Morgan fingerprint density at radius 3 is 2.39 bits per heavy atom. The van der Waals surface area contributed by atoms with Crippen molar-refractivity contribution in [1.82, 2.24) is 4.98 Å². The summed E-state index contributed by atoms with van der Waals surface area (Å²) in [6.45, 7) is 9.36. The molecule has 2 heterocycles. The van der Waals surface area contributed by atoms with Crippen LogP contribution >= 0.6 is 0 Å². The summed E-state index contributed by atoms with van der Waals surface area (Å²) in [4.78, 5) is 3.13. The quantitative estimate of drug-likeness (QED) is 0.648. The van der Waals surface area contributed by atoms with E-state index in [1.54, 1.807) is 19.2 Å². The third kappa shape index (κ3) is 2.56. The molecule has 0 aliphatic carbocycles. The van der Waals surface area contributed by atoms with Crippen LogP contribution in [0.15, 0.2) is 30.1 Å². The highest BCUT2D eigenvalue weighted by Gasteiger charge is 2.53. The maximum Gasteiger partial charge on any atom is 0.525 e. The maximum absolute atomic E-state index is 14.9. The minimum Gasteiger partial charge on any atom is -0.399 e. The van der Waals surface area contributed by atoms with E-state index in [1.807, 2.05) is 39.8 Å². The molecule has 1 aromatic heterocycles. The van der Waals surface area contributed by atoms with Gasteiger partial charge < -0.3 is 20.0 Å². The highest BCUT2D eigenvalue weighted by Crippen LogP contribution is 2.40. The van der Waals surface area contributed by atoms with E-state index < -0.39 is 24.0 Å². The van der Waals surface area contributed by atoms with Crippen LogP contribution in [-0.4, -0.2) is 23.3 Å². The standard InChI is InChI=1S/C17H22BFN2O2/c1-10(13-9-21-14-8-11(20)6-7-12(13)14)15(19)18-22-16(2,3)17(4,5)23-18/h6-9,21H,20H2,1-5H3. The lowest BCUT2D eigenvalue weighted by atomic mass is 9.83. The number of nitrogens with two attached hydrogens (primary N) is 1. The van der Waals surface area contributed by atoms with Gasteiger partial charge in [0.05, 0.1) is 11.2 Å². The summed E-state index contributed by atoms with van der Waals surface area (Å²) in [7, 11) is -0.987. The summed E-state index contributed by atoms with van der Waals surface area (Å²) < 4.78 is 26.5. The molecule has 1 fully saturated rings. The minimum atomic E-state index is -0.987. The van der Waals surface area contributed by atoms with E-state index in [0.717, 1.165) is 16.5 Å². The number of anilines is 1. The molecule has 0 spiro atoms. The van der Waals surface area contributed by atoms with Gasteiger partial charge in [-0.2, -0.15) is 0 Å². The maximum atomic E-state index is 14.9. The molecule has 2 aromatic rings. The van der Waals surface area contributed by atoms with Gasteiger partial charge in [0.15, 0.2) is 0 Å². The molecule has 23 heavy (non-hydrogen) atoms. The summed E-state index contributed by atoms with van der Waals surface area (Å²) in [6.07, 6.45) is 1.78. The fourth-order valence-electron chi connectivity index (χ4n) is 2.71. The number of H-pyrrole nitrogens is 1. The van der Waals surface area contributed by atoms with Crippen LogP contribution in [0.1, 0.15) is 40.2 Å². The Morgan fingerprint density at radius 1 is 1.17 bits per heavy atom. The first-order valence-corrected chi connectivity index (χ1v) is 7.71. The summed E-state index contributed by atoms with van der Waals surface area (Å²) in [5, 5.41) is 0.920. The Bertz CT molecular complexity index is 779. The van der Waals surface area contributed by atoms with Gasteiger partial charge in [-0.05, 0) is 52.3 Å². The Labute approximate surface area is 136 Å². The number of fused-ring (bicyclic) bond motifs is 1. The second-order valence-electron chi connectivity index (χ2n) is 7.07. The Hall–Kier alpha value is -1.79. The van der Waals surface area contributed by atoms with Crippen molar-refractivity contribution in [2.75, 3.05) is 5.73 Å². The number of hydrogen-bond donors (Lipinski definition) is 2. The number of halogens is 1. The van der Waals surface area contributed by atoms with Crippen molar-refractivity contribution in [1.29, 1.82) is 0 Å². The van der Waals surface area contributed by atoms with E-state index in [9.17, 15) is 4.39 Å². The first-order valence-electron chi connectivity index (χ1n) is 7.71. The van der Waals surface area contributed by atoms with Crippen molar-refractivity contribution in [3.8, 4) is 0 Å². The van der Waals surface area contributed by atoms with Gasteiger partial charge in [0, 0.05) is 28.4 Å². The molecule has 6 heteroatoms. The van der Waals surface area contributed by atoms with Crippen molar-refractivity contribution < 1.29 is 13.7 Å². The van der Waals surface area contributed by atoms with E-state index >= 15 is 0 Å². The molecule has 0 saturated carbocycles. The van der Waals surface area contributed by atoms with Crippen LogP contribution in [0.5, 0.6) is 0 Å². The summed E-state index contributed by atoms with van der Waals surface area (Å²) in [6, 6.07) is 5.52. The number of aromatic amines is 1. The van der Waals surface area contributed by atoms with Gasteiger partial charge in [0.2, 0.25) is 0 Å². The molecule has 0 atom stereocenters. The van der Waals surface area contributed by atoms with Crippen LogP contribution in [0.2, 0.25) is 0 Å². The number of rotatable bonds is 2. The molecule has 1 aromatic carbocycles. The normalized spacial score (nSPS) is 20.9. The Kier molecular flexibility index (Phi) is 3.57. The molecule has 1 saturated heterocycles. The number of benzene rings is 1. The number of nitrogens with one attached hydrogen (secondary N) is 1. The second kappa shape index (κ2) is 5.11. The molecule has 122 valence electrons. The van der Waals surface area contributed by atoms with Crippen LogP contribution in [-0.2, 0) is 9.31 Å². The predicted octanol–water partition coefficient (Wildman–Crippen LogP) is 4.08. The van der Waals surface area contributed by atoms with E-state index in [1.165, 1.54) is 0 Å². The van der Waals surface area contributed by atoms with Gasteiger partial charge in [-0.15, -0.1) is 0 Å². The lowest BCUT2D eigenvalue weighted by Gasteiger charge is -2.32. The topological polar surface area (TPSA) is 60.3 Å². The number of hydrogen-bond acceptors (Lipinski definition) is 3. The molecule has 0 radical (unpaired) electrons. The van der Waals surface area contributed by atoms with Crippen molar-refractivity contribution in [3.05, 3.63) is 35.7 Å². The third-order valence-electron chi connectivity index (χ3n) is 4.93. The average Bonchev–Trinajstić information content (AvgIpc) is 2.95. The van der Waals surface area contributed by atoms with Crippen molar-refractivity contribution in [3.63, 3.8) is 0 Å². The van der Waals surface area contributed by atoms with Gasteiger partial charge in [0.25, 0.3) is 0 Å². The number of aromatic nitrogens is 1. The SMILES string of the molecule is CC(=C(F)B1OC(C)(C)C(C)(C)O1)c1c[nH]c2cc(N)ccc12. The van der Waals surface area contributed by atoms with Crippen molar-refractivity contribution in [2.45, 2.75) is 45.8 Å². The summed E-state index contributed by atoms with van der Waals surface area (Å²) >= 11 is 0. The van der Waals surface area contributed by atoms with E-state index in [-0.39, 0.29) is 0 Å². The lowest BCUT2D eigenvalue weighted by Crippen LogP contribution is -2.41. The number of allylic oxidation sites excluding steroid dienone is 1. The van der Waals surface area contributed by atoms with Crippen LogP contribution < -0.4 is 5.73 Å². The molecular weight excluding hydrogens is 294 g/mol. The summed E-state index contributed by atoms with van der Waals surface area (Å²) in [5.41, 5.74) is 7.08. The van der Waals surface area contributed by atoms with Gasteiger partial charge in [-0.3, -0.25) is 0 Å². The molecular formula is C17H22BFN2O2. The smallest absolute Gasteiger partial charge is 0.399 e.